The predicted molar refractivity (Wildman–Crippen MR) is 64.7 cm³/mol. The molecule has 0 atom stereocenters. The molecule has 3 heteroatoms. The number of anilines is 2. The molecule has 0 aliphatic carbocycles. The summed E-state index contributed by atoms with van der Waals surface area (Å²) in [5.74, 6) is 0.843. The highest BCUT2D eigenvalue weighted by molar-refractivity contribution is 5.58. The van der Waals surface area contributed by atoms with Crippen molar-refractivity contribution in [3.05, 3.63) is 54.2 Å². The zero-order valence-electron chi connectivity index (χ0n) is 9.18. The molecule has 2 rings (SSSR count). The molecule has 0 aliphatic heterocycles. The lowest BCUT2D eigenvalue weighted by atomic mass is 10.2. The average Bonchev–Trinajstić information content (AvgIpc) is 2.33. The van der Waals surface area contributed by atoms with Crippen molar-refractivity contribution >= 4 is 11.5 Å². The number of aromatic nitrogens is 1. The Labute approximate surface area is 95.1 Å². The molecular weight excluding hydrogens is 200 g/mol. The minimum absolute atomic E-state index is 0.559. The Kier molecular flexibility index (Phi) is 3.51. The van der Waals surface area contributed by atoms with Crippen molar-refractivity contribution in [1.82, 2.24) is 4.98 Å². The van der Waals surface area contributed by atoms with Gasteiger partial charge in [0.05, 0.1) is 6.61 Å². The highest BCUT2D eigenvalue weighted by atomic mass is 16.5. The maximum absolute atomic E-state index is 5.13. The summed E-state index contributed by atoms with van der Waals surface area (Å²) in [4.78, 5) is 4.30. The van der Waals surface area contributed by atoms with Crippen LogP contribution in [0.3, 0.4) is 0 Å². The highest BCUT2D eigenvalue weighted by Gasteiger charge is 2.02. The largest absolute Gasteiger partial charge is 0.380 e. The van der Waals surface area contributed by atoms with Gasteiger partial charge in [-0.2, -0.15) is 0 Å². The van der Waals surface area contributed by atoms with Gasteiger partial charge in [0, 0.05) is 24.6 Å². The maximum atomic E-state index is 5.13. The van der Waals surface area contributed by atoms with Gasteiger partial charge in [-0.1, -0.05) is 24.3 Å². The van der Waals surface area contributed by atoms with Crippen LogP contribution in [-0.2, 0) is 11.3 Å². The van der Waals surface area contributed by atoms with Crippen LogP contribution >= 0.6 is 0 Å². The lowest BCUT2D eigenvalue weighted by Crippen LogP contribution is -1.99. The second-order valence-electron chi connectivity index (χ2n) is 3.44. The van der Waals surface area contributed by atoms with Crippen LogP contribution in [0.25, 0.3) is 0 Å². The molecule has 3 nitrogen and oxygen atoms in total. The molecule has 0 amide bonds. The Morgan fingerprint density at radius 3 is 2.69 bits per heavy atom. The quantitative estimate of drug-likeness (QED) is 0.849. The number of hydrogen-bond acceptors (Lipinski definition) is 3. The van der Waals surface area contributed by atoms with Crippen molar-refractivity contribution < 1.29 is 4.74 Å². The normalized spacial score (nSPS) is 10.1. The van der Waals surface area contributed by atoms with Crippen LogP contribution in [0.2, 0.25) is 0 Å². The molecule has 16 heavy (non-hydrogen) atoms. The number of nitrogens with zero attached hydrogens (tertiary/aromatic N) is 1. The molecule has 1 aromatic carbocycles. The monoisotopic (exact) mass is 214 g/mol. The van der Waals surface area contributed by atoms with E-state index in [1.54, 1.807) is 13.3 Å². The first-order valence-corrected chi connectivity index (χ1v) is 5.15. The fraction of sp³-hybridized carbons (Fsp3) is 0.154. The predicted octanol–water partition coefficient (Wildman–Crippen LogP) is 2.97. The van der Waals surface area contributed by atoms with Crippen molar-refractivity contribution in [3.8, 4) is 0 Å². The third-order valence-corrected chi connectivity index (χ3v) is 2.23. The smallest absolute Gasteiger partial charge is 0.135 e. The molecule has 82 valence electrons. The SMILES string of the molecule is COCc1cccnc1Nc1ccccc1. The second-order valence-corrected chi connectivity index (χ2v) is 3.44. The van der Waals surface area contributed by atoms with Crippen LogP contribution < -0.4 is 5.32 Å². The van der Waals surface area contributed by atoms with Gasteiger partial charge in [0.1, 0.15) is 5.82 Å². The molecule has 0 bridgehead atoms. The molecular formula is C13H14N2O. The molecule has 1 aromatic heterocycles. The number of rotatable bonds is 4. The number of pyridine rings is 1. The summed E-state index contributed by atoms with van der Waals surface area (Å²) in [5, 5.41) is 3.27. The van der Waals surface area contributed by atoms with Crippen molar-refractivity contribution in [3.63, 3.8) is 0 Å². The Morgan fingerprint density at radius 1 is 1.12 bits per heavy atom. The van der Waals surface area contributed by atoms with Gasteiger partial charge in [-0.3, -0.25) is 0 Å². The summed E-state index contributed by atoms with van der Waals surface area (Å²) in [6.45, 7) is 0.559. The van der Waals surface area contributed by atoms with E-state index in [1.807, 2.05) is 42.5 Å². The second kappa shape index (κ2) is 5.28. The molecule has 0 fully saturated rings. The minimum atomic E-state index is 0.559. The summed E-state index contributed by atoms with van der Waals surface area (Å²) >= 11 is 0. The number of para-hydroxylation sites is 1. The topological polar surface area (TPSA) is 34.1 Å². The zero-order valence-corrected chi connectivity index (χ0v) is 9.18. The van der Waals surface area contributed by atoms with Gasteiger partial charge in [-0.05, 0) is 18.2 Å². The van der Waals surface area contributed by atoms with Crippen molar-refractivity contribution in [2.75, 3.05) is 12.4 Å². The minimum Gasteiger partial charge on any atom is -0.380 e. The molecule has 0 radical (unpaired) electrons. The molecule has 0 spiro atoms. The van der Waals surface area contributed by atoms with E-state index in [0.29, 0.717) is 6.61 Å². The third-order valence-electron chi connectivity index (χ3n) is 2.23. The number of ether oxygens (including phenoxy) is 1. The van der Waals surface area contributed by atoms with Gasteiger partial charge in [-0.25, -0.2) is 4.98 Å². The van der Waals surface area contributed by atoms with Crippen LogP contribution in [0.5, 0.6) is 0 Å². The fourth-order valence-corrected chi connectivity index (χ4v) is 1.48. The van der Waals surface area contributed by atoms with Crippen LogP contribution in [-0.4, -0.2) is 12.1 Å². The zero-order chi connectivity index (χ0) is 11.2. The summed E-state index contributed by atoms with van der Waals surface area (Å²) < 4.78 is 5.13. The maximum Gasteiger partial charge on any atom is 0.135 e. The van der Waals surface area contributed by atoms with Gasteiger partial charge in [0.2, 0.25) is 0 Å². The molecule has 0 aliphatic rings. The van der Waals surface area contributed by atoms with Gasteiger partial charge >= 0.3 is 0 Å². The first-order valence-electron chi connectivity index (χ1n) is 5.15. The molecule has 0 unspecified atom stereocenters. The van der Waals surface area contributed by atoms with E-state index in [9.17, 15) is 0 Å². The molecule has 2 aromatic rings. The van der Waals surface area contributed by atoms with E-state index in [-0.39, 0.29) is 0 Å². The van der Waals surface area contributed by atoms with E-state index in [1.165, 1.54) is 0 Å². The standard InChI is InChI=1S/C13H14N2O/c1-16-10-11-6-5-9-14-13(11)15-12-7-3-2-4-8-12/h2-9H,10H2,1H3,(H,14,15). The van der Waals surface area contributed by atoms with Crippen molar-refractivity contribution in [2.45, 2.75) is 6.61 Å². The summed E-state index contributed by atoms with van der Waals surface area (Å²) in [6.07, 6.45) is 1.77. The molecule has 1 N–H and O–H groups in total. The highest BCUT2D eigenvalue weighted by Crippen LogP contribution is 2.18. The summed E-state index contributed by atoms with van der Waals surface area (Å²) in [7, 11) is 1.68. The average molecular weight is 214 g/mol. The van der Waals surface area contributed by atoms with Gasteiger partial charge in [0.25, 0.3) is 0 Å². The fourth-order valence-electron chi connectivity index (χ4n) is 1.48. The molecule has 0 saturated heterocycles. The lowest BCUT2D eigenvalue weighted by Gasteiger charge is -2.09. The number of methoxy groups -OCH3 is 1. The van der Waals surface area contributed by atoms with E-state index in [0.717, 1.165) is 17.1 Å². The van der Waals surface area contributed by atoms with Gasteiger partial charge in [-0.15, -0.1) is 0 Å². The first kappa shape index (κ1) is 10.6. The molecule has 0 saturated carbocycles. The van der Waals surface area contributed by atoms with Crippen LogP contribution in [0.1, 0.15) is 5.56 Å². The van der Waals surface area contributed by atoms with Gasteiger partial charge in [0.15, 0.2) is 0 Å². The summed E-state index contributed by atoms with van der Waals surface area (Å²) in [6, 6.07) is 13.9. The van der Waals surface area contributed by atoms with Gasteiger partial charge < -0.3 is 10.1 Å². The van der Waals surface area contributed by atoms with E-state index in [4.69, 9.17) is 4.74 Å². The first-order chi connectivity index (χ1) is 7.90. The Balaban J connectivity index is 2.21. The van der Waals surface area contributed by atoms with Crippen LogP contribution in [0.4, 0.5) is 11.5 Å². The third kappa shape index (κ3) is 2.58. The molecule has 1 heterocycles. The Morgan fingerprint density at radius 2 is 1.94 bits per heavy atom. The van der Waals surface area contributed by atoms with Crippen molar-refractivity contribution in [1.29, 1.82) is 0 Å². The summed E-state index contributed by atoms with van der Waals surface area (Å²) in [5.41, 5.74) is 2.08. The van der Waals surface area contributed by atoms with E-state index in [2.05, 4.69) is 10.3 Å². The number of nitrogens with one attached hydrogen (secondary N) is 1. The van der Waals surface area contributed by atoms with Crippen LogP contribution in [0, 0.1) is 0 Å². The van der Waals surface area contributed by atoms with E-state index >= 15 is 0 Å². The Bertz CT molecular complexity index is 443. The lowest BCUT2D eigenvalue weighted by molar-refractivity contribution is 0.185. The number of hydrogen-bond donors (Lipinski definition) is 1. The van der Waals surface area contributed by atoms with E-state index < -0.39 is 0 Å². The Hall–Kier alpha value is -1.87. The number of benzene rings is 1. The van der Waals surface area contributed by atoms with Crippen LogP contribution in [0.15, 0.2) is 48.7 Å². The van der Waals surface area contributed by atoms with Crippen molar-refractivity contribution in [2.24, 2.45) is 0 Å².